The minimum atomic E-state index is -1.29. The average Bonchev–Trinajstić information content (AvgIpc) is 3.34. The smallest absolute Gasteiger partial charge is 0.411 e. The molecule has 10 heteroatoms. The molecule has 1 atom stereocenters. The SMILES string of the molecule is Cn1cc(NC(=O)OCC2c3ccccc3-c3ccccc32)c(C(=O)N[C@@H](CCO)C(=O)O)n1. The summed E-state index contributed by atoms with van der Waals surface area (Å²) in [7, 11) is 1.56. The van der Waals surface area contributed by atoms with Gasteiger partial charge in [-0.2, -0.15) is 5.10 Å². The second kappa shape index (κ2) is 9.75. The van der Waals surface area contributed by atoms with E-state index in [0.29, 0.717) is 0 Å². The van der Waals surface area contributed by atoms with Gasteiger partial charge in [0, 0.05) is 32.2 Å². The molecule has 1 aliphatic rings. The number of aliphatic carboxylic acids is 1. The molecule has 4 N–H and O–H groups in total. The quantitative estimate of drug-likeness (QED) is 0.401. The average molecular weight is 464 g/mol. The number of amides is 2. The highest BCUT2D eigenvalue weighted by Gasteiger charge is 2.29. The number of carbonyl (C=O) groups is 3. The largest absolute Gasteiger partial charge is 0.480 e. The fourth-order valence-corrected chi connectivity index (χ4v) is 4.11. The maximum atomic E-state index is 12.6. The van der Waals surface area contributed by atoms with E-state index in [1.165, 1.54) is 10.9 Å². The number of hydrogen-bond donors (Lipinski definition) is 4. The monoisotopic (exact) mass is 464 g/mol. The van der Waals surface area contributed by atoms with Crippen molar-refractivity contribution in [1.82, 2.24) is 15.1 Å². The molecule has 0 bridgehead atoms. The molecule has 10 nitrogen and oxygen atoms in total. The van der Waals surface area contributed by atoms with Crippen molar-refractivity contribution in [3.8, 4) is 11.1 Å². The van der Waals surface area contributed by atoms with Crippen LogP contribution >= 0.6 is 0 Å². The molecular weight excluding hydrogens is 440 g/mol. The first kappa shape index (κ1) is 23.0. The molecule has 0 radical (unpaired) electrons. The van der Waals surface area contributed by atoms with Crippen molar-refractivity contribution in [2.45, 2.75) is 18.4 Å². The molecule has 0 saturated heterocycles. The number of rotatable bonds is 8. The molecule has 0 fully saturated rings. The molecule has 1 heterocycles. The molecule has 0 aliphatic heterocycles. The van der Waals surface area contributed by atoms with Crippen LogP contribution in [0.5, 0.6) is 0 Å². The van der Waals surface area contributed by atoms with Crippen LogP contribution in [0.25, 0.3) is 11.1 Å². The third-order valence-corrected chi connectivity index (χ3v) is 5.65. The third-order valence-electron chi connectivity index (χ3n) is 5.65. The number of aryl methyl sites for hydroxylation is 1. The number of aromatic nitrogens is 2. The van der Waals surface area contributed by atoms with Gasteiger partial charge in [-0.3, -0.25) is 14.8 Å². The van der Waals surface area contributed by atoms with Crippen molar-refractivity contribution in [2.75, 3.05) is 18.5 Å². The fourth-order valence-electron chi connectivity index (χ4n) is 4.11. The Kier molecular flexibility index (Phi) is 6.60. The summed E-state index contributed by atoms with van der Waals surface area (Å²) in [4.78, 5) is 36.4. The normalized spacial score (nSPS) is 13.0. The maximum absolute atomic E-state index is 12.6. The van der Waals surface area contributed by atoms with E-state index < -0.39 is 30.6 Å². The summed E-state index contributed by atoms with van der Waals surface area (Å²) in [5.74, 6) is -2.20. The van der Waals surface area contributed by atoms with E-state index in [0.717, 1.165) is 22.3 Å². The summed E-state index contributed by atoms with van der Waals surface area (Å²) in [6.45, 7) is -0.316. The first-order chi connectivity index (χ1) is 16.4. The van der Waals surface area contributed by atoms with Crippen molar-refractivity contribution in [3.63, 3.8) is 0 Å². The van der Waals surface area contributed by atoms with E-state index in [2.05, 4.69) is 15.7 Å². The number of hydrogen-bond acceptors (Lipinski definition) is 6. The van der Waals surface area contributed by atoms with Crippen molar-refractivity contribution in [1.29, 1.82) is 0 Å². The molecule has 1 aromatic heterocycles. The molecule has 0 spiro atoms. The van der Waals surface area contributed by atoms with Gasteiger partial charge in [0.15, 0.2) is 5.69 Å². The summed E-state index contributed by atoms with van der Waals surface area (Å²) in [5, 5.41) is 27.0. The summed E-state index contributed by atoms with van der Waals surface area (Å²) >= 11 is 0. The Hall–Kier alpha value is -4.18. The Labute approximate surface area is 195 Å². The number of nitrogens with one attached hydrogen (secondary N) is 2. The Bertz CT molecular complexity index is 1190. The topological polar surface area (TPSA) is 143 Å². The molecular formula is C24H24N4O6. The van der Waals surface area contributed by atoms with Crippen LogP contribution in [0, 0.1) is 0 Å². The Morgan fingerprint density at radius 3 is 2.29 bits per heavy atom. The first-order valence-corrected chi connectivity index (χ1v) is 10.7. The van der Waals surface area contributed by atoms with Crippen molar-refractivity contribution in [2.24, 2.45) is 7.05 Å². The Morgan fingerprint density at radius 2 is 1.71 bits per heavy atom. The van der Waals surface area contributed by atoms with Crippen LogP contribution in [0.15, 0.2) is 54.7 Å². The molecule has 34 heavy (non-hydrogen) atoms. The number of benzene rings is 2. The summed E-state index contributed by atoms with van der Waals surface area (Å²) in [6, 6.07) is 14.6. The van der Waals surface area contributed by atoms with Crippen LogP contribution in [0.3, 0.4) is 0 Å². The Morgan fingerprint density at radius 1 is 1.09 bits per heavy atom. The van der Waals surface area contributed by atoms with Crippen LogP contribution in [-0.2, 0) is 16.6 Å². The second-order valence-electron chi connectivity index (χ2n) is 7.89. The lowest BCUT2D eigenvalue weighted by molar-refractivity contribution is -0.139. The third kappa shape index (κ3) is 4.62. The summed E-state index contributed by atoms with van der Waals surface area (Å²) < 4.78 is 6.81. The molecule has 3 aromatic rings. The lowest BCUT2D eigenvalue weighted by Crippen LogP contribution is -2.41. The van der Waals surface area contributed by atoms with Gasteiger partial charge in [-0.05, 0) is 22.3 Å². The molecule has 4 rings (SSSR count). The van der Waals surface area contributed by atoms with Gasteiger partial charge in [0.1, 0.15) is 12.6 Å². The number of carboxylic acids is 1. The van der Waals surface area contributed by atoms with Gasteiger partial charge in [-0.25, -0.2) is 9.59 Å². The fraction of sp³-hybridized carbons (Fsp3) is 0.250. The number of carboxylic acid groups (broad SMARTS) is 1. The lowest BCUT2D eigenvalue weighted by Gasteiger charge is -2.15. The van der Waals surface area contributed by atoms with E-state index in [-0.39, 0.29) is 30.3 Å². The van der Waals surface area contributed by atoms with E-state index in [4.69, 9.17) is 9.84 Å². The van der Waals surface area contributed by atoms with Crippen molar-refractivity contribution in [3.05, 3.63) is 71.5 Å². The zero-order valence-corrected chi connectivity index (χ0v) is 18.4. The van der Waals surface area contributed by atoms with Gasteiger partial charge in [0.2, 0.25) is 0 Å². The number of aliphatic hydroxyl groups is 1. The summed E-state index contributed by atoms with van der Waals surface area (Å²) in [5.41, 5.74) is 4.26. The van der Waals surface area contributed by atoms with Gasteiger partial charge in [-0.15, -0.1) is 0 Å². The van der Waals surface area contributed by atoms with Crippen LogP contribution in [0.2, 0.25) is 0 Å². The van der Waals surface area contributed by atoms with Crippen LogP contribution in [-0.4, -0.2) is 57.2 Å². The van der Waals surface area contributed by atoms with E-state index >= 15 is 0 Å². The van der Waals surface area contributed by atoms with E-state index in [9.17, 15) is 19.5 Å². The predicted molar refractivity (Wildman–Crippen MR) is 122 cm³/mol. The molecule has 2 amide bonds. The van der Waals surface area contributed by atoms with Gasteiger partial charge < -0.3 is 20.3 Å². The van der Waals surface area contributed by atoms with Gasteiger partial charge in [0.05, 0.1) is 5.69 Å². The number of aliphatic hydroxyl groups excluding tert-OH is 1. The van der Waals surface area contributed by atoms with Gasteiger partial charge >= 0.3 is 12.1 Å². The van der Waals surface area contributed by atoms with Crippen LogP contribution in [0.1, 0.15) is 34.0 Å². The molecule has 176 valence electrons. The Balaban J connectivity index is 1.45. The minimum Gasteiger partial charge on any atom is -0.480 e. The highest BCUT2D eigenvalue weighted by atomic mass is 16.5. The second-order valence-corrected chi connectivity index (χ2v) is 7.89. The van der Waals surface area contributed by atoms with Crippen LogP contribution < -0.4 is 10.6 Å². The molecule has 0 unspecified atom stereocenters. The number of nitrogens with zero attached hydrogens (tertiary/aromatic N) is 2. The van der Waals surface area contributed by atoms with Crippen molar-refractivity contribution < 1.29 is 29.3 Å². The van der Waals surface area contributed by atoms with E-state index in [1.54, 1.807) is 7.05 Å². The van der Waals surface area contributed by atoms with Crippen LogP contribution in [0.4, 0.5) is 10.5 Å². The first-order valence-electron chi connectivity index (χ1n) is 10.7. The number of ether oxygens (including phenoxy) is 1. The highest BCUT2D eigenvalue weighted by Crippen LogP contribution is 2.44. The number of carbonyl (C=O) groups excluding carboxylic acids is 2. The zero-order chi connectivity index (χ0) is 24.2. The molecule has 1 aliphatic carbocycles. The zero-order valence-electron chi connectivity index (χ0n) is 18.4. The molecule has 2 aromatic carbocycles. The number of anilines is 1. The van der Waals surface area contributed by atoms with Gasteiger partial charge in [-0.1, -0.05) is 48.5 Å². The predicted octanol–water partition coefficient (Wildman–Crippen LogP) is 2.35. The highest BCUT2D eigenvalue weighted by molar-refractivity contribution is 6.02. The van der Waals surface area contributed by atoms with Crippen molar-refractivity contribution >= 4 is 23.7 Å². The standard InChI is InChI=1S/C24H24N4O6/c1-28-12-20(21(27-28)22(30)25-19(10-11-29)23(31)32)26-24(33)34-13-18-16-8-4-2-6-14(16)15-7-3-5-9-17(15)18/h2-9,12,18-19,29H,10-11,13H2,1H3,(H,25,30)(H,26,33)(H,31,32)/t19-/m0/s1. The minimum absolute atomic E-state index is 0.0744. The number of fused-ring (bicyclic) bond motifs is 3. The lowest BCUT2D eigenvalue weighted by atomic mass is 9.98. The van der Waals surface area contributed by atoms with E-state index in [1.807, 2.05) is 48.5 Å². The maximum Gasteiger partial charge on any atom is 0.411 e. The molecule has 0 saturated carbocycles. The summed E-state index contributed by atoms with van der Waals surface area (Å²) in [6.07, 6.45) is 0.482. The van der Waals surface area contributed by atoms with Gasteiger partial charge in [0.25, 0.3) is 5.91 Å².